The van der Waals surface area contributed by atoms with Gasteiger partial charge in [0, 0.05) is 54.1 Å². The van der Waals surface area contributed by atoms with E-state index in [2.05, 4.69) is 32.5 Å². The molecule has 1 atom stereocenters. The lowest BCUT2D eigenvalue weighted by Gasteiger charge is -2.34. The molecule has 5 rings (SSSR count). The predicted octanol–water partition coefficient (Wildman–Crippen LogP) is 4.54. The Balaban J connectivity index is 1.26. The van der Waals surface area contributed by atoms with Crippen LogP contribution in [0.15, 0.2) is 71.7 Å². The van der Waals surface area contributed by atoms with E-state index in [-0.39, 0.29) is 17.6 Å². The van der Waals surface area contributed by atoms with Gasteiger partial charge in [0.2, 0.25) is 0 Å². The number of hydrogen-bond acceptors (Lipinski definition) is 5. The molecule has 39 heavy (non-hydrogen) atoms. The monoisotopic (exact) mass is 527 g/mol. The third-order valence-electron chi connectivity index (χ3n) is 7.43. The van der Waals surface area contributed by atoms with Gasteiger partial charge in [-0.1, -0.05) is 37.6 Å². The normalized spacial score (nSPS) is 15.9. The van der Waals surface area contributed by atoms with Crippen molar-refractivity contribution < 1.29 is 14.0 Å². The largest absolute Gasteiger partial charge is 0.369 e. The highest BCUT2D eigenvalue weighted by molar-refractivity contribution is 6.15. The first-order chi connectivity index (χ1) is 18.9. The summed E-state index contributed by atoms with van der Waals surface area (Å²) in [5.74, 6) is -0.425. The zero-order valence-corrected chi connectivity index (χ0v) is 22.4. The van der Waals surface area contributed by atoms with Gasteiger partial charge in [0.15, 0.2) is 0 Å². The number of carbonyl (C=O) groups is 2. The van der Waals surface area contributed by atoms with Gasteiger partial charge in [0.25, 0.3) is 11.8 Å². The molecule has 2 N–H and O–H groups in total. The SMILES string of the molecule is CCC[C@H](NC(=O)c1ccc2c(c1)C(NC(=O)c1ccc(N3CCN(C)CC3)cc1)=NC2)c1ccccc1F. The van der Waals surface area contributed by atoms with E-state index >= 15 is 0 Å². The summed E-state index contributed by atoms with van der Waals surface area (Å²) in [6, 6.07) is 19.1. The number of halogens is 1. The van der Waals surface area contributed by atoms with Crippen LogP contribution < -0.4 is 15.5 Å². The summed E-state index contributed by atoms with van der Waals surface area (Å²) in [6.45, 7) is 6.40. The van der Waals surface area contributed by atoms with Crippen molar-refractivity contribution in [3.05, 3.63) is 100 Å². The van der Waals surface area contributed by atoms with Crippen LogP contribution in [0.4, 0.5) is 10.1 Å². The molecule has 1 saturated heterocycles. The molecule has 2 aliphatic heterocycles. The summed E-state index contributed by atoms with van der Waals surface area (Å²) in [7, 11) is 2.12. The molecule has 3 aromatic carbocycles. The number of aliphatic imine (C=N–C) groups is 1. The number of rotatable bonds is 7. The molecule has 0 aliphatic carbocycles. The molecular formula is C31H34FN5O2. The van der Waals surface area contributed by atoms with Crippen LogP contribution in [0.5, 0.6) is 0 Å². The number of piperazine rings is 1. The molecule has 8 heteroatoms. The number of nitrogens with one attached hydrogen (secondary N) is 2. The van der Waals surface area contributed by atoms with Gasteiger partial charge in [0.1, 0.15) is 11.7 Å². The number of carbonyl (C=O) groups excluding carboxylic acids is 2. The molecule has 0 saturated carbocycles. The first-order valence-electron chi connectivity index (χ1n) is 13.5. The van der Waals surface area contributed by atoms with E-state index in [9.17, 15) is 14.0 Å². The minimum Gasteiger partial charge on any atom is -0.369 e. The van der Waals surface area contributed by atoms with Crippen molar-refractivity contribution in [3.63, 3.8) is 0 Å². The molecule has 2 aliphatic rings. The van der Waals surface area contributed by atoms with Crippen LogP contribution in [0.3, 0.4) is 0 Å². The van der Waals surface area contributed by atoms with Crippen molar-refractivity contribution in [2.45, 2.75) is 32.4 Å². The van der Waals surface area contributed by atoms with Gasteiger partial charge in [-0.25, -0.2) is 4.39 Å². The summed E-state index contributed by atoms with van der Waals surface area (Å²) in [5.41, 5.74) is 4.23. The van der Waals surface area contributed by atoms with Crippen LogP contribution in [0.1, 0.15) is 63.2 Å². The van der Waals surface area contributed by atoms with Crippen molar-refractivity contribution in [1.82, 2.24) is 15.5 Å². The maximum Gasteiger partial charge on any atom is 0.256 e. The number of amidine groups is 1. The molecule has 0 aromatic heterocycles. The van der Waals surface area contributed by atoms with E-state index in [0.29, 0.717) is 35.5 Å². The van der Waals surface area contributed by atoms with Gasteiger partial charge in [-0.2, -0.15) is 0 Å². The molecule has 0 spiro atoms. The highest BCUT2D eigenvalue weighted by Crippen LogP contribution is 2.24. The van der Waals surface area contributed by atoms with Gasteiger partial charge in [-0.3, -0.25) is 14.6 Å². The van der Waals surface area contributed by atoms with Crippen LogP contribution in [-0.4, -0.2) is 55.8 Å². The predicted molar refractivity (Wildman–Crippen MR) is 152 cm³/mol. The average Bonchev–Trinajstić information content (AvgIpc) is 3.35. The number of fused-ring (bicyclic) bond motifs is 1. The number of nitrogens with zero attached hydrogens (tertiary/aromatic N) is 3. The molecule has 0 bridgehead atoms. The van der Waals surface area contributed by atoms with Crippen LogP contribution in [0.2, 0.25) is 0 Å². The Kier molecular flexibility index (Phi) is 8.02. The Morgan fingerprint density at radius 1 is 0.949 bits per heavy atom. The molecule has 0 radical (unpaired) electrons. The lowest BCUT2D eigenvalue weighted by molar-refractivity contribution is 0.0932. The van der Waals surface area contributed by atoms with E-state index in [1.54, 1.807) is 30.3 Å². The van der Waals surface area contributed by atoms with E-state index in [1.807, 2.05) is 37.3 Å². The summed E-state index contributed by atoms with van der Waals surface area (Å²) in [5, 5.41) is 5.91. The number of amides is 2. The van der Waals surface area contributed by atoms with Gasteiger partial charge in [0.05, 0.1) is 12.6 Å². The van der Waals surface area contributed by atoms with E-state index < -0.39 is 6.04 Å². The smallest absolute Gasteiger partial charge is 0.256 e. The lowest BCUT2D eigenvalue weighted by atomic mass is 10.00. The van der Waals surface area contributed by atoms with Gasteiger partial charge >= 0.3 is 0 Å². The highest BCUT2D eigenvalue weighted by atomic mass is 19.1. The van der Waals surface area contributed by atoms with Crippen LogP contribution in [0.25, 0.3) is 0 Å². The molecule has 2 heterocycles. The van der Waals surface area contributed by atoms with Crippen molar-refractivity contribution in [3.8, 4) is 0 Å². The van der Waals surface area contributed by atoms with Crippen molar-refractivity contribution in [1.29, 1.82) is 0 Å². The van der Waals surface area contributed by atoms with Crippen LogP contribution in [-0.2, 0) is 6.54 Å². The Morgan fingerprint density at radius 2 is 1.67 bits per heavy atom. The first-order valence-corrected chi connectivity index (χ1v) is 13.5. The molecule has 202 valence electrons. The topological polar surface area (TPSA) is 77.0 Å². The second kappa shape index (κ2) is 11.8. The highest BCUT2D eigenvalue weighted by Gasteiger charge is 2.23. The zero-order chi connectivity index (χ0) is 27.4. The molecule has 7 nitrogen and oxygen atoms in total. The number of hydrogen-bond donors (Lipinski definition) is 2. The number of likely N-dealkylation sites (N-methyl/N-ethyl adjacent to an activating group) is 1. The van der Waals surface area contributed by atoms with Crippen molar-refractivity contribution in [2.75, 3.05) is 38.1 Å². The molecular weight excluding hydrogens is 493 g/mol. The Bertz CT molecular complexity index is 1380. The van der Waals surface area contributed by atoms with Gasteiger partial charge < -0.3 is 20.4 Å². The quantitative estimate of drug-likeness (QED) is 0.473. The first kappa shape index (κ1) is 26.6. The molecule has 3 aromatic rings. The van der Waals surface area contributed by atoms with Crippen molar-refractivity contribution >= 4 is 23.3 Å². The number of anilines is 1. The second-order valence-electron chi connectivity index (χ2n) is 10.2. The Morgan fingerprint density at radius 3 is 2.38 bits per heavy atom. The zero-order valence-electron chi connectivity index (χ0n) is 22.4. The van der Waals surface area contributed by atoms with Crippen LogP contribution >= 0.6 is 0 Å². The van der Waals surface area contributed by atoms with Crippen molar-refractivity contribution in [2.24, 2.45) is 4.99 Å². The summed E-state index contributed by atoms with van der Waals surface area (Å²) >= 11 is 0. The fourth-order valence-corrected chi connectivity index (χ4v) is 5.09. The van der Waals surface area contributed by atoms with Gasteiger partial charge in [-0.15, -0.1) is 0 Å². The van der Waals surface area contributed by atoms with E-state index in [4.69, 9.17) is 0 Å². The minimum absolute atomic E-state index is 0.246. The third kappa shape index (κ3) is 6.01. The maximum absolute atomic E-state index is 14.4. The summed E-state index contributed by atoms with van der Waals surface area (Å²) in [4.78, 5) is 35.4. The summed E-state index contributed by atoms with van der Waals surface area (Å²) < 4.78 is 14.4. The Hall–Kier alpha value is -4.04. The number of benzene rings is 3. The summed E-state index contributed by atoms with van der Waals surface area (Å²) in [6.07, 6.45) is 1.41. The fraction of sp³-hybridized carbons (Fsp3) is 0.323. The van der Waals surface area contributed by atoms with Crippen LogP contribution in [0, 0.1) is 5.82 Å². The van der Waals surface area contributed by atoms with Gasteiger partial charge in [-0.05, 0) is 61.5 Å². The standard InChI is InChI=1S/C31H34FN5O2/c1-3-6-28(25-7-4-5-8-27(25)32)34-31(39)22-9-10-23-20-33-29(26(23)19-22)35-30(38)21-11-13-24(14-12-21)37-17-15-36(2)16-18-37/h4-5,7-14,19,28H,3,6,15-18,20H2,1-2H3,(H,34,39)(H,33,35,38)/t28-/m0/s1. The van der Waals surface area contributed by atoms with E-state index in [0.717, 1.165) is 49.4 Å². The lowest BCUT2D eigenvalue weighted by Crippen LogP contribution is -2.44. The van der Waals surface area contributed by atoms with E-state index in [1.165, 1.54) is 6.07 Å². The minimum atomic E-state index is -0.432. The molecule has 0 unspecified atom stereocenters. The molecule has 1 fully saturated rings. The second-order valence-corrected chi connectivity index (χ2v) is 10.2. The third-order valence-corrected chi connectivity index (χ3v) is 7.43. The maximum atomic E-state index is 14.4. The molecule has 2 amide bonds. The Labute approximate surface area is 228 Å². The fourth-order valence-electron chi connectivity index (χ4n) is 5.09. The average molecular weight is 528 g/mol.